The minimum atomic E-state index is -0.311. The molecule has 4 nitrogen and oxygen atoms in total. The molecule has 2 aromatic carbocycles. The number of anilines is 2. The summed E-state index contributed by atoms with van der Waals surface area (Å²) in [5, 5.41) is 9.27. The SMILES string of the molecule is OCc1cccc(N2CCN(c3ccc(-c4cccnc4)cc3)CC2)c1F. The van der Waals surface area contributed by atoms with Gasteiger partial charge in [-0.3, -0.25) is 4.98 Å². The number of piperazine rings is 1. The minimum Gasteiger partial charge on any atom is -0.392 e. The first-order valence-corrected chi connectivity index (χ1v) is 9.15. The molecule has 0 spiro atoms. The van der Waals surface area contributed by atoms with Crippen LogP contribution in [-0.4, -0.2) is 36.3 Å². The van der Waals surface area contributed by atoms with Gasteiger partial charge < -0.3 is 14.9 Å². The topological polar surface area (TPSA) is 39.6 Å². The van der Waals surface area contributed by atoms with E-state index < -0.39 is 0 Å². The summed E-state index contributed by atoms with van der Waals surface area (Å²) in [5.41, 5.74) is 4.35. The van der Waals surface area contributed by atoms with Gasteiger partial charge in [0.15, 0.2) is 5.82 Å². The molecular formula is C22H22FN3O. The highest BCUT2D eigenvalue weighted by atomic mass is 19.1. The molecule has 2 heterocycles. The summed E-state index contributed by atoms with van der Waals surface area (Å²) in [4.78, 5) is 8.54. The van der Waals surface area contributed by atoms with Gasteiger partial charge in [-0.2, -0.15) is 0 Å². The molecule has 1 N–H and O–H groups in total. The lowest BCUT2D eigenvalue weighted by atomic mass is 10.1. The van der Waals surface area contributed by atoms with E-state index in [2.05, 4.69) is 45.1 Å². The number of aliphatic hydroxyl groups is 1. The number of hydrogen-bond acceptors (Lipinski definition) is 4. The average Bonchev–Trinajstić information content (AvgIpc) is 2.75. The van der Waals surface area contributed by atoms with E-state index in [0.717, 1.165) is 37.3 Å². The van der Waals surface area contributed by atoms with Crippen molar-refractivity contribution in [1.29, 1.82) is 0 Å². The number of aromatic nitrogens is 1. The fraction of sp³-hybridized carbons (Fsp3) is 0.227. The van der Waals surface area contributed by atoms with Gasteiger partial charge in [-0.15, -0.1) is 0 Å². The van der Waals surface area contributed by atoms with Crippen LogP contribution in [0.2, 0.25) is 0 Å². The van der Waals surface area contributed by atoms with Crippen LogP contribution in [0.1, 0.15) is 5.56 Å². The Balaban J connectivity index is 1.44. The van der Waals surface area contributed by atoms with Crippen molar-refractivity contribution in [2.75, 3.05) is 36.0 Å². The zero-order valence-electron chi connectivity index (χ0n) is 15.1. The smallest absolute Gasteiger partial charge is 0.151 e. The second kappa shape index (κ2) is 7.76. The Morgan fingerprint density at radius 1 is 0.852 bits per heavy atom. The Hall–Kier alpha value is -2.92. The first kappa shape index (κ1) is 17.5. The number of benzene rings is 2. The standard InChI is InChI=1S/C22H22FN3O/c23-22-19(16-27)3-1-5-21(22)26-13-11-25(12-14-26)20-8-6-17(7-9-20)18-4-2-10-24-15-18/h1-10,15,27H,11-14,16H2. The van der Waals surface area contributed by atoms with E-state index in [1.54, 1.807) is 24.4 Å². The maximum Gasteiger partial charge on any atom is 0.151 e. The first-order valence-electron chi connectivity index (χ1n) is 9.15. The number of halogens is 1. The number of aliphatic hydroxyl groups excluding tert-OH is 1. The van der Waals surface area contributed by atoms with Gasteiger partial charge in [0.2, 0.25) is 0 Å². The average molecular weight is 363 g/mol. The number of hydrogen-bond donors (Lipinski definition) is 1. The fourth-order valence-corrected chi connectivity index (χ4v) is 3.54. The maximum atomic E-state index is 14.5. The molecule has 0 aliphatic carbocycles. The molecule has 0 unspecified atom stereocenters. The normalized spacial score (nSPS) is 14.4. The number of pyridine rings is 1. The molecule has 4 rings (SSSR count). The molecule has 1 aliphatic heterocycles. The van der Waals surface area contributed by atoms with E-state index in [1.165, 1.54) is 5.69 Å². The highest BCUT2D eigenvalue weighted by Gasteiger charge is 2.20. The van der Waals surface area contributed by atoms with Gasteiger partial charge in [-0.25, -0.2) is 4.39 Å². The monoisotopic (exact) mass is 363 g/mol. The minimum absolute atomic E-state index is 0.275. The summed E-state index contributed by atoms with van der Waals surface area (Å²) in [6.45, 7) is 2.87. The van der Waals surface area contributed by atoms with Crippen molar-refractivity contribution in [2.24, 2.45) is 0 Å². The largest absolute Gasteiger partial charge is 0.392 e. The lowest BCUT2D eigenvalue weighted by Gasteiger charge is -2.37. The Labute approximate surface area is 158 Å². The number of nitrogens with zero attached hydrogens (tertiary/aromatic N) is 3. The molecule has 1 aromatic heterocycles. The quantitative estimate of drug-likeness (QED) is 0.767. The predicted molar refractivity (Wildman–Crippen MR) is 106 cm³/mol. The Kier molecular flexibility index (Phi) is 5.03. The van der Waals surface area contributed by atoms with Crippen molar-refractivity contribution >= 4 is 11.4 Å². The molecule has 1 saturated heterocycles. The lowest BCUT2D eigenvalue weighted by molar-refractivity contribution is 0.276. The molecule has 1 fully saturated rings. The van der Waals surface area contributed by atoms with E-state index in [1.807, 2.05) is 12.3 Å². The van der Waals surface area contributed by atoms with Crippen molar-refractivity contribution in [3.63, 3.8) is 0 Å². The molecule has 138 valence electrons. The third-order valence-electron chi connectivity index (χ3n) is 5.08. The molecule has 27 heavy (non-hydrogen) atoms. The van der Waals surface area contributed by atoms with Crippen LogP contribution in [0.4, 0.5) is 15.8 Å². The van der Waals surface area contributed by atoms with Crippen molar-refractivity contribution < 1.29 is 9.50 Å². The summed E-state index contributed by atoms with van der Waals surface area (Å²) in [6.07, 6.45) is 3.64. The second-order valence-corrected chi connectivity index (χ2v) is 6.67. The van der Waals surface area contributed by atoms with Crippen LogP contribution in [0.25, 0.3) is 11.1 Å². The third kappa shape index (κ3) is 3.64. The van der Waals surface area contributed by atoms with Gasteiger partial charge in [0, 0.05) is 49.8 Å². The molecule has 1 aliphatic rings. The zero-order valence-corrected chi connectivity index (χ0v) is 15.1. The highest BCUT2D eigenvalue weighted by molar-refractivity contribution is 5.65. The predicted octanol–water partition coefficient (Wildman–Crippen LogP) is 3.71. The Morgan fingerprint density at radius 3 is 2.26 bits per heavy atom. The van der Waals surface area contributed by atoms with Crippen LogP contribution in [0.3, 0.4) is 0 Å². The summed E-state index contributed by atoms with van der Waals surface area (Å²) < 4.78 is 14.5. The molecule has 0 atom stereocenters. The van der Waals surface area contributed by atoms with Crippen molar-refractivity contribution in [3.8, 4) is 11.1 Å². The van der Waals surface area contributed by atoms with Gasteiger partial charge in [-0.1, -0.05) is 30.3 Å². The lowest BCUT2D eigenvalue weighted by Crippen LogP contribution is -2.46. The van der Waals surface area contributed by atoms with Crippen LogP contribution in [0.15, 0.2) is 67.0 Å². The van der Waals surface area contributed by atoms with Crippen LogP contribution < -0.4 is 9.80 Å². The Morgan fingerprint density at radius 2 is 1.59 bits per heavy atom. The summed E-state index contributed by atoms with van der Waals surface area (Å²) >= 11 is 0. The first-order chi connectivity index (χ1) is 13.3. The Bertz CT molecular complexity index is 891. The van der Waals surface area contributed by atoms with Gasteiger partial charge >= 0.3 is 0 Å². The van der Waals surface area contributed by atoms with E-state index in [-0.39, 0.29) is 12.4 Å². The van der Waals surface area contributed by atoms with Crippen LogP contribution in [0, 0.1) is 5.82 Å². The summed E-state index contributed by atoms with van der Waals surface area (Å²) in [6, 6.07) is 17.7. The summed E-state index contributed by atoms with van der Waals surface area (Å²) in [7, 11) is 0. The van der Waals surface area contributed by atoms with Gasteiger partial charge in [0.25, 0.3) is 0 Å². The van der Waals surface area contributed by atoms with E-state index in [4.69, 9.17) is 0 Å². The molecule has 0 radical (unpaired) electrons. The van der Waals surface area contributed by atoms with Gasteiger partial charge in [0.1, 0.15) is 0 Å². The number of rotatable bonds is 4. The van der Waals surface area contributed by atoms with Crippen LogP contribution >= 0.6 is 0 Å². The third-order valence-corrected chi connectivity index (χ3v) is 5.08. The second-order valence-electron chi connectivity index (χ2n) is 6.67. The summed E-state index contributed by atoms with van der Waals surface area (Å²) in [5.74, 6) is -0.311. The van der Waals surface area contributed by atoms with Gasteiger partial charge in [0.05, 0.1) is 12.3 Å². The van der Waals surface area contributed by atoms with Crippen molar-refractivity contribution in [2.45, 2.75) is 6.61 Å². The molecule has 0 saturated carbocycles. The molecule has 0 amide bonds. The highest BCUT2D eigenvalue weighted by Crippen LogP contribution is 2.26. The van der Waals surface area contributed by atoms with Crippen LogP contribution in [0.5, 0.6) is 0 Å². The van der Waals surface area contributed by atoms with E-state index in [0.29, 0.717) is 11.3 Å². The molecular weight excluding hydrogens is 341 g/mol. The molecule has 3 aromatic rings. The fourth-order valence-electron chi connectivity index (χ4n) is 3.54. The van der Waals surface area contributed by atoms with E-state index in [9.17, 15) is 9.50 Å². The van der Waals surface area contributed by atoms with Gasteiger partial charge in [-0.05, 0) is 35.4 Å². The molecule has 0 bridgehead atoms. The van der Waals surface area contributed by atoms with Crippen LogP contribution in [-0.2, 0) is 6.61 Å². The zero-order chi connectivity index (χ0) is 18.6. The van der Waals surface area contributed by atoms with Crippen molar-refractivity contribution in [3.05, 3.63) is 78.4 Å². The molecule has 5 heteroatoms. The van der Waals surface area contributed by atoms with E-state index >= 15 is 0 Å². The van der Waals surface area contributed by atoms with Crippen molar-refractivity contribution in [1.82, 2.24) is 4.98 Å². The maximum absolute atomic E-state index is 14.5.